The Morgan fingerprint density at radius 3 is 2.76 bits per heavy atom. The van der Waals surface area contributed by atoms with E-state index in [0.29, 0.717) is 10.7 Å². The summed E-state index contributed by atoms with van der Waals surface area (Å²) < 4.78 is 0. The van der Waals surface area contributed by atoms with Gasteiger partial charge in [0.1, 0.15) is 0 Å². The van der Waals surface area contributed by atoms with Crippen molar-refractivity contribution in [1.29, 1.82) is 0 Å². The minimum Gasteiger partial charge on any atom is -0.300 e. The highest BCUT2D eigenvalue weighted by molar-refractivity contribution is 8.14. The summed E-state index contributed by atoms with van der Waals surface area (Å²) >= 11 is 1.54. The second kappa shape index (κ2) is 5.23. The molecule has 1 atom stereocenters. The van der Waals surface area contributed by atoms with Gasteiger partial charge in [-0.05, 0) is 25.5 Å². The maximum absolute atomic E-state index is 11.9. The van der Waals surface area contributed by atoms with Gasteiger partial charge in [0.05, 0.1) is 5.37 Å². The molecular formula is C12H15N3OS. The lowest BCUT2D eigenvalue weighted by molar-refractivity contribution is 0.0978. The normalized spacial score (nSPS) is 18.5. The van der Waals surface area contributed by atoms with Gasteiger partial charge in [0.15, 0.2) is 5.17 Å². The molecule has 90 valence electrons. The van der Waals surface area contributed by atoms with Crippen LogP contribution in [0.15, 0.2) is 29.4 Å². The molecule has 17 heavy (non-hydrogen) atoms. The highest BCUT2D eigenvalue weighted by Crippen LogP contribution is 2.18. The van der Waals surface area contributed by atoms with Crippen LogP contribution in [-0.2, 0) is 0 Å². The summed E-state index contributed by atoms with van der Waals surface area (Å²) in [5.74, 6) is -0.116. The Labute approximate surface area is 105 Å². The Morgan fingerprint density at radius 2 is 2.18 bits per heavy atom. The van der Waals surface area contributed by atoms with Gasteiger partial charge in [-0.25, -0.2) is 0 Å². The third kappa shape index (κ3) is 3.00. The molecule has 2 N–H and O–H groups in total. The van der Waals surface area contributed by atoms with Gasteiger partial charge in [-0.1, -0.05) is 36.4 Å². The minimum atomic E-state index is -0.116. The summed E-state index contributed by atoms with van der Waals surface area (Å²) in [6.07, 6.45) is 0.970. The van der Waals surface area contributed by atoms with E-state index in [2.05, 4.69) is 22.8 Å². The number of hydrazone groups is 1. The molecule has 0 aliphatic carbocycles. The minimum absolute atomic E-state index is 0.116. The van der Waals surface area contributed by atoms with Crippen molar-refractivity contribution >= 4 is 22.8 Å². The first-order chi connectivity index (χ1) is 8.19. The van der Waals surface area contributed by atoms with Gasteiger partial charge in [-0.15, -0.1) is 0 Å². The van der Waals surface area contributed by atoms with Crippen molar-refractivity contribution in [2.24, 2.45) is 5.10 Å². The molecule has 0 aromatic heterocycles. The molecule has 4 nitrogen and oxygen atoms in total. The zero-order valence-electron chi connectivity index (χ0n) is 9.86. The highest BCUT2D eigenvalue weighted by atomic mass is 32.2. The molecule has 2 rings (SSSR count). The van der Waals surface area contributed by atoms with Crippen LogP contribution < -0.4 is 10.7 Å². The average molecular weight is 249 g/mol. The molecule has 1 heterocycles. The molecule has 5 heteroatoms. The quantitative estimate of drug-likeness (QED) is 0.843. The van der Waals surface area contributed by atoms with E-state index in [9.17, 15) is 4.79 Å². The number of thioether (sulfide) groups is 1. The number of amides is 1. The van der Waals surface area contributed by atoms with Crippen LogP contribution in [0.4, 0.5) is 0 Å². The Bertz CT molecular complexity index is 442. The molecule has 1 aliphatic heterocycles. The molecule has 1 aromatic carbocycles. The van der Waals surface area contributed by atoms with Gasteiger partial charge in [0.2, 0.25) is 0 Å². The van der Waals surface area contributed by atoms with E-state index in [1.807, 2.05) is 31.2 Å². The van der Waals surface area contributed by atoms with Crippen molar-refractivity contribution in [2.75, 3.05) is 0 Å². The molecule has 0 saturated carbocycles. The van der Waals surface area contributed by atoms with Gasteiger partial charge in [0.25, 0.3) is 5.91 Å². The maximum atomic E-state index is 11.9. The summed E-state index contributed by atoms with van der Waals surface area (Å²) in [7, 11) is 0. The van der Waals surface area contributed by atoms with Gasteiger partial charge in [-0.2, -0.15) is 5.10 Å². The zero-order chi connectivity index (χ0) is 12.3. The van der Waals surface area contributed by atoms with Crippen molar-refractivity contribution in [3.63, 3.8) is 0 Å². The lowest BCUT2D eigenvalue weighted by Gasteiger charge is -2.05. The first-order valence-electron chi connectivity index (χ1n) is 5.57. The van der Waals surface area contributed by atoms with Gasteiger partial charge >= 0.3 is 0 Å². The molecule has 0 radical (unpaired) electrons. The maximum Gasteiger partial charge on any atom is 0.257 e. The number of carbonyl (C=O) groups is 1. The third-order valence-corrected chi connectivity index (χ3v) is 3.61. The van der Waals surface area contributed by atoms with Crippen LogP contribution in [0.2, 0.25) is 0 Å². The molecular weight excluding hydrogens is 234 g/mol. The average Bonchev–Trinajstić information content (AvgIpc) is 2.77. The molecule has 1 unspecified atom stereocenters. The molecule has 1 aliphatic rings. The van der Waals surface area contributed by atoms with E-state index >= 15 is 0 Å². The fraction of sp³-hybridized carbons (Fsp3) is 0.333. The predicted octanol–water partition coefficient (Wildman–Crippen LogP) is 2.07. The Morgan fingerprint density at radius 1 is 1.47 bits per heavy atom. The van der Waals surface area contributed by atoms with Crippen LogP contribution in [0, 0.1) is 6.92 Å². The van der Waals surface area contributed by atoms with Crippen LogP contribution in [0.25, 0.3) is 0 Å². The Kier molecular flexibility index (Phi) is 3.68. The molecule has 0 spiro atoms. The van der Waals surface area contributed by atoms with E-state index in [4.69, 9.17) is 0 Å². The first kappa shape index (κ1) is 12.0. The van der Waals surface area contributed by atoms with E-state index in [-0.39, 0.29) is 11.3 Å². The van der Waals surface area contributed by atoms with Gasteiger partial charge in [0, 0.05) is 5.56 Å². The van der Waals surface area contributed by atoms with Crippen molar-refractivity contribution in [1.82, 2.24) is 10.7 Å². The number of rotatable bonds is 2. The van der Waals surface area contributed by atoms with Gasteiger partial charge < -0.3 is 0 Å². The van der Waals surface area contributed by atoms with E-state index in [0.717, 1.165) is 12.0 Å². The summed E-state index contributed by atoms with van der Waals surface area (Å²) in [5, 5.41) is 7.77. The van der Waals surface area contributed by atoms with Crippen LogP contribution in [0.5, 0.6) is 0 Å². The molecule has 0 bridgehead atoms. The first-order valence-corrected chi connectivity index (χ1v) is 6.45. The number of aryl methyl sites for hydroxylation is 1. The summed E-state index contributed by atoms with van der Waals surface area (Å²) in [5.41, 5.74) is 4.75. The summed E-state index contributed by atoms with van der Waals surface area (Å²) in [6, 6.07) is 7.47. The SMILES string of the molecule is CCC1NN=C(NC(=O)c2ccc(C)cc2)S1. The predicted molar refractivity (Wildman–Crippen MR) is 70.9 cm³/mol. The second-order valence-corrected chi connectivity index (χ2v) is 5.07. The second-order valence-electron chi connectivity index (χ2n) is 3.88. The van der Waals surface area contributed by atoms with Crippen molar-refractivity contribution in [3.05, 3.63) is 35.4 Å². The Balaban J connectivity index is 1.96. The smallest absolute Gasteiger partial charge is 0.257 e. The fourth-order valence-electron chi connectivity index (χ4n) is 1.42. The van der Waals surface area contributed by atoms with Crippen LogP contribution in [-0.4, -0.2) is 16.4 Å². The van der Waals surface area contributed by atoms with Crippen molar-refractivity contribution in [2.45, 2.75) is 25.6 Å². The molecule has 1 amide bonds. The number of nitrogens with zero attached hydrogens (tertiary/aromatic N) is 1. The lowest BCUT2D eigenvalue weighted by atomic mass is 10.1. The highest BCUT2D eigenvalue weighted by Gasteiger charge is 2.19. The molecule has 1 aromatic rings. The number of benzene rings is 1. The largest absolute Gasteiger partial charge is 0.300 e. The number of hydrogen-bond donors (Lipinski definition) is 2. The molecule has 0 saturated heterocycles. The fourth-order valence-corrected chi connectivity index (χ4v) is 2.22. The third-order valence-electron chi connectivity index (χ3n) is 2.47. The number of hydrogen-bond acceptors (Lipinski definition) is 4. The van der Waals surface area contributed by atoms with Gasteiger partial charge in [-0.3, -0.25) is 15.5 Å². The summed E-state index contributed by atoms with van der Waals surface area (Å²) in [6.45, 7) is 4.07. The Hall–Kier alpha value is -1.49. The van der Waals surface area contributed by atoms with E-state index in [1.54, 1.807) is 11.8 Å². The summed E-state index contributed by atoms with van der Waals surface area (Å²) in [4.78, 5) is 11.9. The van der Waals surface area contributed by atoms with Crippen molar-refractivity contribution < 1.29 is 4.79 Å². The number of amidine groups is 1. The lowest BCUT2D eigenvalue weighted by Crippen LogP contribution is -2.27. The van der Waals surface area contributed by atoms with E-state index < -0.39 is 0 Å². The number of carbonyl (C=O) groups excluding carboxylic acids is 1. The molecule has 0 fully saturated rings. The van der Waals surface area contributed by atoms with Crippen LogP contribution in [0.1, 0.15) is 29.3 Å². The van der Waals surface area contributed by atoms with Crippen molar-refractivity contribution in [3.8, 4) is 0 Å². The van der Waals surface area contributed by atoms with Crippen LogP contribution in [0.3, 0.4) is 0 Å². The van der Waals surface area contributed by atoms with Crippen LogP contribution >= 0.6 is 11.8 Å². The number of nitrogens with one attached hydrogen (secondary N) is 2. The zero-order valence-corrected chi connectivity index (χ0v) is 10.7. The topological polar surface area (TPSA) is 53.5 Å². The monoisotopic (exact) mass is 249 g/mol. The van der Waals surface area contributed by atoms with E-state index in [1.165, 1.54) is 0 Å². The standard InChI is InChI=1S/C12H15N3OS/c1-3-10-14-15-12(17-10)13-11(16)9-6-4-8(2)5-7-9/h4-7,10,14H,3H2,1-2H3,(H,13,15,16).